The number of amides is 1. The Labute approximate surface area is 152 Å². The molecule has 5 nitrogen and oxygen atoms in total. The molecule has 1 saturated heterocycles. The second-order valence-electron chi connectivity index (χ2n) is 5.74. The molecule has 142 valence electrons. The van der Waals surface area contributed by atoms with Crippen molar-refractivity contribution in [3.05, 3.63) is 23.8 Å². The Balaban J connectivity index is 0.00000312. The summed E-state index contributed by atoms with van der Waals surface area (Å²) in [6.07, 6.45) is 2.39. The summed E-state index contributed by atoms with van der Waals surface area (Å²) in [6.45, 7) is 1.33. The predicted octanol–water partition coefficient (Wildman–Crippen LogP) is 3.11. The van der Waals surface area contributed by atoms with Crippen LogP contribution in [0.3, 0.4) is 0 Å². The standard InChI is InChI=1S/C17H24F2N2O3.ClH/c1-2-9-23-14-4-3-13(15(10-14)24-17(18)19)11-21-16(22)12-5-7-20-8-6-12;/h3-4,10,12,17,20H,2,5-9,11H2,1H3,(H,21,22);1H. The minimum Gasteiger partial charge on any atom is -0.493 e. The zero-order chi connectivity index (χ0) is 17.4. The summed E-state index contributed by atoms with van der Waals surface area (Å²) in [6, 6.07) is 4.78. The molecule has 25 heavy (non-hydrogen) atoms. The maximum atomic E-state index is 12.6. The van der Waals surface area contributed by atoms with Crippen molar-refractivity contribution in [3.63, 3.8) is 0 Å². The van der Waals surface area contributed by atoms with E-state index in [0.29, 0.717) is 17.9 Å². The number of hydrogen-bond donors (Lipinski definition) is 2. The lowest BCUT2D eigenvalue weighted by Gasteiger charge is -2.22. The van der Waals surface area contributed by atoms with Gasteiger partial charge in [-0.25, -0.2) is 0 Å². The number of piperidine rings is 1. The zero-order valence-corrected chi connectivity index (χ0v) is 15.0. The van der Waals surface area contributed by atoms with Crippen LogP contribution in [0.1, 0.15) is 31.7 Å². The van der Waals surface area contributed by atoms with Gasteiger partial charge in [0.15, 0.2) is 0 Å². The van der Waals surface area contributed by atoms with Crippen LogP contribution in [-0.4, -0.2) is 32.2 Å². The van der Waals surface area contributed by atoms with Crippen molar-refractivity contribution in [2.24, 2.45) is 5.92 Å². The van der Waals surface area contributed by atoms with Gasteiger partial charge in [-0.2, -0.15) is 8.78 Å². The fourth-order valence-electron chi connectivity index (χ4n) is 2.61. The molecule has 1 heterocycles. The average molecular weight is 379 g/mol. The van der Waals surface area contributed by atoms with Crippen LogP contribution >= 0.6 is 12.4 Å². The number of carbonyl (C=O) groups excluding carboxylic acids is 1. The molecule has 1 fully saturated rings. The summed E-state index contributed by atoms with van der Waals surface area (Å²) in [4.78, 5) is 12.2. The molecule has 1 aliphatic rings. The highest BCUT2D eigenvalue weighted by molar-refractivity contribution is 5.85. The van der Waals surface area contributed by atoms with Crippen molar-refractivity contribution in [2.45, 2.75) is 39.3 Å². The predicted molar refractivity (Wildman–Crippen MR) is 93.5 cm³/mol. The Morgan fingerprint density at radius 1 is 1.36 bits per heavy atom. The first kappa shape index (κ1) is 21.4. The normalized spacial score (nSPS) is 14.7. The molecule has 0 aliphatic carbocycles. The lowest BCUT2D eigenvalue weighted by Crippen LogP contribution is -2.37. The SMILES string of the molecule is CCCOc1ccc(CNC(=O)C2CCNCC2)c(OC(F)F)c1.Cl. The number of benzene rings is 1. The summed E-state index contributed by atoms with van der Waals surface area (Å²) in [5.41, 5.74) is 0.501. The van der Waals surface area contributed by atoms with Crippen molar-refractivity contribution in [1.29, 1.82) is 0 Å². The van der Waals surface area contributed by atoms with E-state index in [2.05, 4.69) is 15.4 Å². The first-order valence-corrected chi connectivity index (χ1v) is 8.29. The first-order chi connectivity index (χ1) is 11.6. The van der Waals surface area contributed by atoms with Crippen LogP contribution in [0, 0.1) is 5.92 Å². The maximum absolute atomic E-state index is 12.6. The molecule has 0 radical (unpaired) electrons. The monoisotopic (exact) mass is 378 g/mol. The number of ether oxygens (including phenoxy) is 2. The highest BCUT2D eigenvalue weighted by atomic mass is 35.5. The van der Waals surface area contributed by atoms with Crippen molar-refractivity contribution < 1.29 is 23.0 Å². The Morgan fingerprint density at radius 3 is 2.72 bits per heavy atom. The number of nitrogens with one attached hydrogen (secondary N) is 2. The van der Waals surface area contributed by atoms with Gasteiger partial charge in [0.05, 0.1) is 6.61 Å². The van der Waals surface area contributed by atoms with Gasteiger partial charge < -0.3 is 20.1 Å². The van der Waals surface area contributed by atoms with Crippen LogP contribution in [0.5, 0.6) is 11.5 Å². The second kappa shape index (κ2) is 11.1. The molecule has 0 bridgehead atoms. The van der Waals surface area contributed by atoms with E-state index in [0.717, 1.165) is 32.4 Å². The summed E-state index contributed by atoms with van der Waals surface area (Å²) in [7, 11) is 0. The molecule has 8 heteroatoms. The summed E-state index contributed by atoms with van der Waals surface area (Å²) >= 11 is 0. The average Bonchev–Trinajstić information content (AvgIpc) is 2.59. The molecule has 1 aromatic carbocycles. The molecule has 2 rings (SSSR count). The van der Waals surface area contributed by atoms with E-state index in [1.165, 1.54) is 6.07 Å². The summed E-state index contributed by atoms with van der Waals surface area (Å²) < 4.78 is 35.2. The molecule has 0 atom stereocenters. The van der Waals surface area contributed by atoms with E-state index in [1.54, 1.807) is 12.1 Å². The third-order valence-corrected chi connectivity index (χ3v) is 3.89. The number of alkyl halides is 2. The van der Waals surface area contributed by atoms with E-state index >= 15 is 0 Å². The zero-order valence-electron chi connectivity index (χ0n) is 14.2. The molecular formula is C17H25ClF2N2O3. The second-order valence-corrected chi connectivity index (χ2v) is 5.74. The molecule has 0 aromatic heterocycles. The van der Waals surface area contributed by atoms with E-state index in [1.807, 2.05) is 6.92 Å². The number of carbonyl (C=O) groups is 1. The van der Waals surface area contributed by atoms with Crippen LogP contribution in [0.15, 0.2) is 18.2 Å². The quantitative estimate of drug-likeness (QED) is 0.729. The van der Waals surface area contributed by atoms with Crippen molar-refractivity contribution >= 4 is 18.3 Å². The molecule has 2 N–H and O–H groups in total. The smallest absolute Gasteiger partial charge is 0.387 e. The number of halogens is 3. The highest BCUT2D eigenvalue weighted by Gasteiger charge is 2.21. The number of rotatable bonds is 8. The van der Waals surface area contributed by atoms with Gasteiger partial charge in [-0.3, -0.25) is 4.79 Å². The van der Waals surface area contributed by atoms with Gasteiger partial charge >= 0.3 is 6.61 Å². The third-order valence-electron chi connectivity index (χ3n) is 3.89. The minimum atomic E-state index is -2.93. The van der Waals surface area contributed by atoms with Crippen molar-refractivity contribution in [3.8, 4) is 11.5 Å². The summed E-state index contributed by atoms with van der Waals surface area (Å²) in [5.74, 6) is 0.425. The van der Waals surface area contributed by atoms with Gasteiger partial charge in [-0.15, -0.1) is 12.4 Å². The van der Waals surface area contributed by atoms with E-state index < -0.39 is 6.61 Å². The first-order valence-electron chi connectivity index (χ1n) is 8.29. The molecule has 0 spiro atoms. The molecule has 1 aromatic rings. The van der Waals surface area contributed by atoms with Crippen LogP contribution in [0.2, 0.25) is 0 Å². The van der Waals surface area contributed by atoms with Gasteiger partial charge in [-0.05, 0) is 44.5 Å². The van der Waals surface area contributed by atoms with Gasteiger partial charge in [0.25, 0.3) is 0 Å². The summed E-state index contributed by atoms with van der Waals surface area (Å²) in [5, 5.41) is 6.01. The Kier molecular flexibility index (Phi) is 9.52. The largest absolute Gasteiger partial charge is 0.493 e. The Hall–Kier alpha value is -1.60. The molecule has 0 unspecified atom stereocenters. The van der Waals surface area contributed by atoms with Gasteiger partial charge in [-0.1, -0.05) is 6.92 Å². The lowest BCUT2D eigenvalue weighted by atomic mass is 9.97. The third kappa shape index (κ3) is 7.04. The van der Waals surface area contributed by atoms with Crippen LogP contribution < -0.4 is 20.1 Å². The minimum absolute atomic E-state index is 0. The van der Waals surface area contributed by atoms with Crippen molar-refractivity contribution in [1.82, 2.24) is 10.6 Å². The van der Waals surface area contributed by atoms with E-state index in [4.69, 9.17) is 4.74 Å². The maximum Gasteiger partial charge on any atom is 0.387 e. The molecule has 0 saturated carbocycles. The lowest BCUT2D eigenvalue weighted by molar-refractivity contribution is -0.125. The molecule has 1 aliphatic heterocycles. The Bertz CT molecular complexity index is 541. The van der Waals surface area contributed by atoms with Gasteiger partial charge in [0, 0.05) is 24.1 Å². The fourth-order valence-corrected chi connectivity index (χ4v) is 2.61. The van der Waals surface area contributed by atoms with Crippen LogP contribution in [0.4, 0.5) is 8.78 Å². The van der Waals surface area contributed by atoms with Crippen LogP contribution in [0.25, 0.3) is 0 Å². The fraction of sp³-hybridized carbons (Fsp3) is 0.588. The van der Waals surface area contributed by atoms with Crippen LogP contribution in [-0.2, 0) is 11.3 Å². The highest BCUT2D eigenvalue weighted by Crippen LogP contribution is 2.27. The van der Waals surface area contributed by atoms with Gasteiger partial charge in [0.2, 0.25) is 5.91 Å². The molecular weight excluding hydrogens is 354 g/mol. The van der Waals surface area contributed by atoms with Gasteiger partial charge in [0.1, 0.15) is 11.5 Å². The number of hydrogen-bond acceptors (Lipinski definition) is 4. The molecule has 1 amide bonds. The topological polar surface area (TPSA) is 59.6 Å². The van der Waals surface area contributed by atoms with Crippen molar-refractivity contribution in [2.75, 3.05) is 19.7 Å². The van der Waals surface area contributed by atoms with E-state index in [9.17, 15) is 13.6 Å². The Morgan fingerprint density at radius 2 is 2.08 bits per heavy atom. The van der Waals surface area contributed by atoms with E-state index in [-0.39, 0.29) is 36.5 Å².